The van der Waals surface area contributed by atoms with Gasteiger partial charge in [0.15, 0.2) is 0 Å². The third kappa shape index (κ3) is 8.38. The number of para-hydroxylation sites is 1. The molecule has 3 N–H and O–H groups in total. The number of carbonyl (C=O) groups excluding carboxylic acids is 3. The SMILES string of the molecule is CC1(C)C(=O)N(C2CCN(C(=O)[C@H](CCc3ccccc3)NC(=O)[C@@H]3CCCNC3)CC2)c2ccccc21.O=S(=O)(O)c1ccc2ccccc2c1. The summed E-state index contributed by atoms with van der Waals surface area (Å²) in [5, 5.41) is 8.15. The Morgan fingerprint density at radius 1 is 0.904 bits per heavy atom. The Bertz CT molecular complexity index is 2000. The van der Waals surface area contributed by atoms with Crippen LogP contribution in [0.15, 0.2) is 102 Å². The number of hydrogen-bond acceptors (Lipinski definition) is 6. The minimum absolute atomic E-state index is 0.00928. The number of carbonyl (C=O) groups is 3. The lowest BCUT2D eigenvalue weighted by Crippen LogP contribution is -2.55. The van der Waals surface area contributed by atoms with E-state index < -0.39 is 21.6 Å². The smallest absolute Gasteiger partial charge is 0.294 e. The van der Waals surface area contributed by atoms with Crippen molar-refractivity contribution in [3.05, 3.63) is 108 Å². The fraction of sp³-hybridized carbons (Fsp3) is 0.390. The van der Waals surface area contributed by atoms with Gasteiger partial charge in [-0.25, -0.2) is 0 Å². The molecular weight excluding hydrogens is 677 g/mol. The number of hydrogen-bond donors (Lipinski definition) is 3. The van der Waals surface area contributed by atoms with E-state index in [1.165, 1.54) is 12.1 Å². The van der Waals surface area contributed by atoms with Crippen LogP contribution in [0.5, 0.6) is 0 Å². The number of piperidine rings is 2. The quantitative estimate of drug-likeness (QED) is 0.204. The zero-order valence-electron chi connectivity index (χ0n) is 29.8. The van der Waals surface area contributed by atoms with Crippen LogP contribution in [0.4, 0.5) is 5.69 Å². The van der Waals surface area contributed by atoms with Crippen molar-refractivity contribution in [1.29, 1.82) is 0 Å². The minimum Gasteiger partial charge on any atom is -0.344 e. The van der Waals surface area contributed by atoms with Crippen molar-refractivity contribution < 1.29 is 27.4 Å². The van der Waals surface area contributed by atoms with Gasteiger partial charge in [0.05, 0.1) is 16.2 Å². The molecule has 0 aliphatic carbocycles. The van der Waals surface area contributed by atoms with Crippen molar-refractivity contribution in [2.75, 3.05) is 31.1 Å². The van der Waals surface area contributed by atoms with Crippen LogP contribution < -0.4 is 15.5 Å². The van der Waals surface area contributed by atoms with Crippen LogP contribution in [0.3, 0.4) is 0 Å². The van der Waals surface area contributed by atoms with Crippen LogP contribution >= 0.6 is 0 Å². The van der Waals surface area contributed by atoms with E-state index in [0.717, 1.165) is 66.2 Å². The van der Waals surface area contributed by atoms with Gasteiger partial charge in [0.1, 0.15) is 6.04 Å². The molecule has 0 bridgehead atoms. The van der Waals surface area contributed by atoms with Crippen molar-refractivity contribution in [3.8, 4) is 0 Å². The number of fused-ring (bicyclic) bond motifs is 2. The van der Waals surface area contributed by atoms with E-state index in [0.29, 0.717) is 26.1 Å². The molecule has 7 rings (SSSR count). The maximum Gasteiger partial charge on any atom is 0.294 e. The molecule has 3 aliphatic rings. The molecular formula is C41H48N4O6S. The molecule has 2 saturated heterocycles. The molecule has 2 atom stereocenters. The van der Waals surface area contributed by atoms with Crippen LogP contribution in [0.2, 0.25) is 0 Å². The van der Waals surface area contributed by atoms with Crippen LogP contribution in [-0.4, -0.2) is 73.9 Å². The molecule has 3 amide bonds. The summed E-state index contributed by atoms with van der Waals surface area (Å²) in [6, 6.07) is 29.6. The van der Waals surface area contributed by atoms with Gasteiger partial charge in [0, 0.05) is 31.4 Å². The minimum atomic E-state index is -4.09. The van der Waals surface area contributed by atoms with E-state index in [9.17, 15) is 22.8 Å². The number of amides is 3. The zero-order valence-corrected chi connectivity index (χ0v) is 30.6. The van der Waals surface area contributed by atoms with Crippen molar-refractivity contribution in [2.24, 2.45) is 5.92 Å². The summed E-state index contributed by atoms with van der Waals surface area (Å²) < 4.78 is 30.5. The highest BCUT2D eigenvalue weighted by molar-refractivity contribution is 7.85. The molecule has 52 heavy (non-hydrogen) atoms. The first-order valence-electron chi connectivity index (χ1n) is 18.2. The second kappa shape index (κ2) is 16.0. The summed E-state index contributed by atoms with van der Waals surface area (Å²) in [5.74, 6) is 0.00802. The fourth-order valence-corrected chi connectivity index (χ4v) is 8.09. The van der Waals surface area contributed by atoms with E-state index in [-0.39, 0.29) is 34.6 Å². The standard InChI is InChI=1S/C31H40N4O3.C10H8O3S/c1-31(2)25-12-6-7-13-27(25)35(30(31)38)24-16-19-34(20-17-24)29(37)26(15-14-22-9-4-3-5-10-22)33-28(36)23-11-8-18-32-21-23;11-14(12,13)10-6-5-8-3-1-2-4-9(8)7-10/h3-7,9-10,12-13,23-24,26,32H,8,11,14-21H2,1-2H3,(H,33,36);1-7H,(H,11,12,13)/t23-,26+;/m1./s1. The second-order valence-electron chi connectivity index (χ2n) is 14.5. The highest BCUT2D eigenvalue weighted by Crippen LogP contribution is 2.43. The lowest BCUT2D eigenvalue weighted by atomic mass is 9.86. The second-order valence-corrected chi connectivity index (χ2v) is 15.9. The number of rotatable bonds is 8. The molecule has 0 saturated carbocycles. The molecule has 274 valence electrons. The highest BCUT2D eigenvalue weighted by atomic mass is 32.2. The maximum absolute atomic E-state index is 13.7. The Morgan fingerprint density at radius 2 is 1.58 bits per heavy atom. The first-order valence-corrected chi connectivity index (χ1v) is 19.6. The van der Waals surface area contributed by atoms with E-state index in [4.69, 9.17) is 4.55 Å². The number of likely N-dealkylation sites (tertiary alicyclic amines) is 1. The van der Waals surface area contributed by atoms with Crippen molar-refractivity contribution in [1.82, 2.24) is 15.5 Å². The lowest BCUT2D eigenvalue weighted by molar-refractivity contribution is -0.138. The van der Waals surface area contributed by atoms with Crippen LogP contribution in [0.1, 0.15) is 57.1 Å². The topological polar surface area (TPSA) is 136 Å². The third-order valence-electron chi connectivity index (χ3n) is 10.6. The van der Waals surface area contributed by atoms with Crippen molar-refractivity contribution in [3.63, 3.8) is 0 Å². The molecule has 4 aromatic rings. The Morgan fingerprint density at radius 3 is 2.27 bits per heavy atom. The molecule has 0 spiro atoms. The van der Waals surface area contributed by atoms with Gasteiger partial charge in [-0.15, -0.1) is 0 Å². The predicted molar refractivity (Wildman–Crippen MR) is 203 cm³/mol. The normalized spacial score (nSPS) is 19.4. The fourth-order valence-electron chi connectivity index (χ4n) is 7.57. The summed E-state index contributed by atoms with van der Waals surface area (Å²) in [5.41, 5.74) is 2.70. The van der Waals surface area contributed by atoms with Gasteiger partial charge >= 0.3 is 0 Å². The number of nitrogens with one attached hydrogen (secondary N) is 2. The van der Waals surface area contributed by atoms with Gasteiger partial charge in [-0.1, -0.05) is 78.9 Å². The van der Waals surface area contributed by atoms with Gasteiger partial charge in [0.25, 0.3) is 10.1 Å². The van der Waals surface area contributed by atoms with Crippen molar-refractivity contribution in [2.45, 2.75) is 74.8 Å². The van der Waals surface area contributed by atoms with E-state index >= 15 is 0 Å². The molecule has 3 heterocycles. The number of nitrogens with zero attached hydrogens (tertiary/aromatic N) is 2. The van der Waals surface area contributed by atoms with Crippen LogP contribution in [0, 0.1) is 5.92 Å². The summed E-state index contributed by atoms with van der Waals surface area (Å²) in [6.07, 6.45) is 4.59. The summed E-state index contributed by atoms with van der Waals surface area (Å²) in [6.45, 7) is 6.76. The van der Waals surface area contributed by atoms with Gasteiger partial charge in [-0.2, -0.15) is 8.42 Å². The van der Waals surface area contributed by atoms with Crippen LogP contribution in [-0.2, 0) is 36.3 Å². The average molecular weight is 725 g/mol. The van der Waals surface area contributed by atoms with Crippen molar-refractivity contribution >= 4 is 44.3 Å². The van der Waals surface area contributed by atoms with E-state index in [1.54, 1.807) is 12.1 Å². The first-order chi connectivity index (χ1) is 24.9. The van der Waals surface area contributed by atoms with Gasteiger partial charge in [-0.05, 0) is 99.0 Å². The molecule has 11 heteroatoms. The molecule has 2 fully saturated rings. The average Bonchev–Trinajstić information content (AvgIpc) is 3.37. The highest BCUT2D eigenvalue weighted by Gasteiger charge is 2.47. The Hall–Kier alpha value is -4.58. The van der Waals surface area contributed by atoms with E-state index in [2.05, 4.69) is 22.8 Å². The molecule has 0 unspecified atom stereocenters. The Labute approximate surface area is 306 Å². The number of anilines is 1. The van der Waals surface area contributed by atoms with Gasteiger partial charge in [-0.3, -0.25) is 18.9 Å². The molecule has 4 aromatic carbocycles. The third-order valence-corrected chi connectivity index (χ3v) is 11.4. The lowest BCUT2D eigenvalue weighted by Gasteiger charge is -2.39. The molecule has 0 aromatic heterocycles. The first kappa shape index (κ1) is 37.2. The molecule has 3 aliphatic heterocycles. The molecule has 0 radical (unpaired) electrons. The summed E-state index contributed by atoms with van der Waals surface area (Å²) in [7, 11) is -4.09. The molecule has 10 nitrogen and oxygen atoms in total. The number of aryl methyl sites for hydroxylation is 1. The Balaban J connectivity index is 0.000000276. The largest absolute Gasteiger partial charge is 0.344 e. The zero-order chi connectivity index (χ0) is 36.9. The monoisotopic (exact) mass is 724 g/mol. The van der Waals surface area contributed by atoms with Gasteiger partial charge < -0.3 is 20.4 Å². The number of benzene rings is 4. The van der Waals surface area contributed by atoms with Crippen LogP contribution in [0.25, 0.3) is 10.8 Å². The predicted octanol–water partition coefficient (Wildman–Crippen LogP) is 5.51. The van der Waals surface area contributed by atoms with E-state index in [1.807, 2.05) is 84.3 Å². The summed E-state index contributed by atoms with van der Waals surface area (Å²) >= 11 is 0. The maximum atomic E-state index is 13.7. The van der Waals surface area contributed by atoms with Gasteiger partial charge in [0.2, 0.25) is 17.7 Å². The summed E-state index contributed by atoms with van der Waals surface area (Å²) in [4.78, 5) is 44.0. The Kier molecular flexibility index (Phi) is 11.4.